The van der Waals surface area contributed by atoms with Crippen LogP contribution in [0.5, 0.6) is 0 Å². The minimum absolute atomic E-state index is 0.957. The van der Waals surface area contributed by atoms with Crippen LogP contribution in [0, 0.1) is 0 Å². The number of hydrogen-bond donors (Lipinski definition) is 0. The number of thiophene rings is 1. The first-order chi connectivity index (χ1) is 21.3. The molecule has 0 unspecified atom stereocenters. The second-order valence-electron chi connectivity index (χ2n) is 10.8. The zero-order valence-electron chi connectivity index (χ0n) is 23.1. The Morgan fingerprint density at radius 3 is 2.16 bits per heavy atom. The summed E-state index contributed by atoms with van der Waals surface area (Å²) < 4.78 is 3.85. The maximum atomic E-state index is 5.23. The van der Waals surface area contributed by atoms with Crippen molar-refractivity contribution in [3.05, 3.63) is 146 Å². The summed E-state index contributed by atoms with van der Waals surface area (Å²) in [6.45, 7) is 0. The van der Waals surface area contributed by atoms with E-state index in [9.17, 15) is 0 Å². The highest BCUT2D eigenvalue weighted by Crippen LogP contribution is 2.44. The normalized spacial score (nSPS) is 11.7. The van der Waals surface area contributed by atoms with Crippen molar-refractivity contribution in [3.8, 4) is 11.1 Å². The lowest BCUT2D eigenvalue weighted by atomic mass is 9.99. The molecule has 0 atom stereocenters. The third-order valence-corrected chi connectivity index (χ3v) is 10.5. The van der Waals surface area contributed by atoms with Gasteiger partial charge in [0, 0.05) is 36.9 Å². The molecule has 0 fully saturated rings. The monoisotopic (exact) mass is 584 g/mol. The van der Waals surface area contributed by atoms with Gasteiger partial charge >= 0.3 is 0 Å². The molecule has 2 aromatic heterocycles. The van der Waals surface area contributed by atoms with E-state index in [1.807, 2.05) is 11.3 Å². The molecule has 0 N–H and O–H groups in total. The quantitative estimate of drug-likeness (QED) is 0.191. The summed E-state index contributed by atoms with van der Waals surface area (Å²) in [5.74, 6) is 0. The fraction of sp³-hybridized carbons (Fsp3) is 0. The molecule has 43 heavy (non-hydrogen) atoms. The highest BCUT2D eigenvalue weighted by molar-refractivity contribution is 7.26. The molecule has 0 amide bonds. The number of anilines is 3. The number of para-hydroxylation sites is 1. The molecule has 0 radical (unpaired) electrons. The van der Waals surface area contributed by atoms with Gasteiger partial charge in [-0.1, -0.05) is 114 Å². The van der Waals surface area contributed by atoms with Crippen LogP contribution >= 0.6 is 22.7 Å². The largest absolute Gasteiger partial charge is 0.286 e. The van der Waals surface area contributed by atoms with E-state index >= 15 is 0 Å². The summed E-state index contributed by atoms with van der Waals surface area (Å²) >= 11 is 3.62. The number of nitrogens with zero attached hydrogens (tertiary/aromatic N) is 2. The number of hydrogen-bond acceptors (Lipinski definition) is 4. The molecule has 0 aliphatic heterocycles. The zero-order chi connectivity index (χ0) is 28.3. The Morgan fingerprint density at radius 1 is 0.488 bits per heavy atom. The molecule has 4 heteroatoms. The van der Waals surface area contributed by atoms with E-state index in [4.69, 9.17) is 4.98 Å². The first-order valence-corrected chi connectivity index (χ1v) is 16.0. The molecule has 0 aliphatic carbocycles. The molecule has 0 saturated heterocycles. The van der Waals surface area contributed by atoms with Gasteiger partial charge in [0.1, 0.15) is 0 Å². The number of thiazole rings is 1. The molecule has 0 bridgehead atoms. The fourth-order valence-electron chi connectivity index (χ4n) is 6.33. The van der Waals surface area contributed by atoms with E-state index in [2.05, 4.69) is 150 Å². The van der Waals surface area contributed by atoms with E-state index < -0.39 is 0 Å². The van der Waals surface area contributed by atoms with Gasteiger partial charge < -0.3 is 0 Å². The molecular weight excluding hydrogens is 561 g/mol. The first kappa shape index (κ1) is 24.6. The van der Waals surface area contributed by atoms with E-state index in [0.717, 1.165) is 22.0 Å². The number of aromatic nitrogens is 1. The van der Waals surface area contributed by atoms with Crippen molar-refractivity contribution in [2.75, 3.05) is 4.90 Å². The van der Waals surface area contributed by atoms with Crippen LogP contribution in [0.3, 0.4) is 0 Å². The Labute approximate surface area is 256 Å². The van der Waals surface area contributed by atoms with Gasteiger partial charge in [-0.15, -0.1) is 11.3 Å². The molecular formula is C39H24N2S2. The molecule has 9 rings (SSSR count). The SMILES string of the molecule is c1ccc(N(c2cccc(-c3cccc4sc5ccccc5c34)c2)c2nc3ccc4c5ccccc5ccc4c3s2)cc1. The molecule has 0 saturated carbocycles. The summed E-state index contributed by atoms with van der Waals surface area (Å²) in [5, 5.41) is 8.65. The maximum absolute atomic E-state index is 5.23. The predicted octanol–water partition coefficient (Wildman–Crippen LogP) is 12.1. The Bertz CT molecular complexity index is 2470. The third-order valence-electron chi connectivity index (χ3n) is 8.29. The fourth-order valence-corrected chi connectivity index (χ4v) is 8.60. The van der Waals surface area contributed by atoms with Crippen LogP contribution in [0.15, 0.2) is 146 Å². The molecule has 7 aromatic carbocycles. The number of rotatable bonds is 4. The minimum atomic E-state index is 0.957. The lowest BCUT2D eigenvalue weighted by Crippen LogP contribution is -2.09. The Morgan fingerprint density at radius 2 is 1.23 bits per heavy atom. The van der Waals surface area contributed by atoms with E-state index in [-0.39, 0.29) is 0 Å². The van der Waals surface area contributed by atoms with Gasteiger partial charge in [-0.2, -0.15) is 0 Å². The molecule has 9 aromatic rings. The van der Waals surface area contributed by atoms with Crippen molar-refractivity contribution in [2.24, 2.45) is 0 Å². The van der Waals surface area contributed by atoms with Crippen LogP contribution in [0.2, 0.25) is 0 Å². The van der Waals surface area contributed by atoms with E-state index in [0.29, 0.717) is 0 Å². The van der Waals surface area contributed by atoms with Crippen LogP contribution in [0.4, 0.5) is 16.5 Å². The van der Waals surface area contributed by atoms with E-state index in [1.54, 1.807) is 11.3 Å². The predicted molar refractivity (Wildman–Crippen MR) is 188 cm³/mol. The Hall–Kier alpha value is -5.03. The van der Waals surface area contributed by atoms with E-state index in [1.165, 1.54) is 57.5 Å². The van der Waals surface area contributed by atoms with Gasteiger partial charge in [-0.05, 0) is 69.8 Å². The summed E-state index contributed by atoms with van der Waals surface area (Å²) in [7, 11) is 0. The minimum Gasteiger partial charge on any atom is -0.286 e. The van der Waals surface area contributed by atoms with Crippen LogP contribution in [0.1, 0.15) is 0 Å². The highest BCUT2D eigenvalue weighted by atomic mass is 32.1. The Balaban J connectivity index is 1.25. The summed E-state index contributed by atoms with van der Waals surface area (Å²) in [4.78, 5) is 7.53. The van der Waals surface area contributed by atoms with Crippen molar-refractivity contribution < 1.29 is 0 Å². The topological polar surface area (TPSA) is 16.1 Å². The lowest BCUT2D eigenvalue weighted by molar-refractivity contribution is 1.25. The number of fused-ring (bicyclic) bond motifs is 8. The van der Waals surface area contributed by atoms with Gasteiger partial charge in [0.15, 0.2) is 5.13 Å². The van der Waals surface area contributed by atoms with Crippen LogP contribution in [-0.4, -0.2) is 4.98 Å². The van der Waals surface area contributed by atoms with Crippen molar-refractivity contribution in [2.45, 2.75) is 0 Å². The van der Waals surface area contributed by atoms with Crippen molar-refractivity contribution in [1.82, 2.24) is 4.98 Å². The van der Waals surface area contributed by atoms with Crippen LogP contribution < -0.4 is 4.90 Å². The van der Waals surface area contributed by atoms with Gasteiger partial charge in [0.05, 0.1) is 10.2 Å². The average Bonchev–Trinajstić information content (AvgIpc) is 3.67. The third kappa shape index (κ3) is 3.95. The molecule has 2 nitrogen and oxygen atoms in total. The summed E-state index contributed by atoms with van der Waals surface area (Å²) in [5.41, 5.74) is 5.66. The summed E-state index contributed by atoms with van der Waals surface area (Å²) in [6.07, 6.45) is 0. The van der Waals surface area contributed by atoms with Crippen molar-refractivity contribution in [3.63, 3.8) is 0 Å². The van der Waals surface area contributed by atoms with Crippen LogP contribution in [0.25, 0.3) is 63.1 Å². The summed E-state index contributed by atoms with van der Waals surface area (Å²) in [6, 6.07) is 52.4. The van der Waals surface area contributed by atoms with Crippen LogP contribution in [-0.2, 0) is 0 Å². The van der Waals surface area contributed by atoms with Gasteiger partial charge in [-0.25, -0.2) is 4.98 Å². The smallest absolute Gasteiger partial charge is 0.195 e. The second-order valence-corrected chi connectivity index (χ2v) is 12.9. The Kier molecular flexibility index (Phi) is 5.58. The van der Waals surface area contributed by atoms with Crippen molar-refractivity contribution in [1.29, 1.82) is 0 Å². The maximum Gasteiger partial charge on any atom is 0.195 e. The highest BCUT2D eigenvalue weighted by Gasteiger charge is 2.19. The lowest BCUT2D eigenvalue weighted by Gasteiger charge is -2.23. The molecule has 202 valence electrons. The zero-order valence-corrected chi connectivity index (χ0v) is 24.7. The van der Waals surface area contributed by atoms with Gasteiger partial charge in [0.25, 0.3) is 0 Å². The standard InChI is InChI=1S/C39H24N2S2/c1-2-12-27(13-3-1)41(39-40-34-23-22-31-29-15-5-4-10-25(29)20-21-32(31)38(34)43-39)28-14-8-11-26(24-28)30-17-9-19-36-37(30)33-16-6-7-18-35(33)42-36/h1-24H. The van der Waals surface area contributed by atoms with Gasteiger partial charge in [-0.3, -0.25) is 4.90 Å². The molecule has 2 heterocycles. The average molecular weight is 585 g/mol. The van der Waals surface area contributed by atoms with Crippen molar-refractivity contribution >= 4 is 91.1 Å². The molecule has 0 aliphatic rings. The second kappa shape index (κ2) is 9.77. The molecule has 0 spiro atoms. The number of benzene rings is 7. The van der Waals surface area contributed by atoms with Gasteiger partial charge in [0.2, 0.25) is 0 Å². The first-order valence-electron chi connectivity index (χ1n) is 14.4.